The second-order valence-electron chi connectivity index (χ2n) is 4.24. The van der Waals surface area contributed by atoms with Gasteiger partial charge < -0.3 is 5.11 Å². The molecule has 0 aliphatic rings. The lowest BCUT2D eigenvalue weighted by atomic mass is 10.1. The van der Waals surface area contributed by atoms with E-state index in [2.05, 4.69) is 6.58 Å². The molecule has 2 heteroatoms. The van der Waals surface area contributed by atoms with Crippen LogP contribution in [0.25, 0.3) is 0 Å². The number of thioether (sulfide) groups is 1. The van der Waals surface area contributed by atoms with Gasteiger partial charge in [-0.3, -0.25) is 0 Å². The second kappa shape index (κ2) is 15.0. The zero-order valence-corrected chi connectivity index (χ0v) is 11.4. The fourth-order valence-electron chi connectivity index (χ4n) is 1.65. The fourth-order valence-corrected chi connectivity index (χ4v) is 2.59. The summed E-state index contributed by atoms with van der Waals surface area (Å²) >= 11 is 1.98. The highest BCUT2D eigenvalue weighted by molar-refractivity contribution is 7.99. The lowest BCUT2D eigenvalue weighted by Crippen LogP contribution is -1.88. The Labute approximate surface area is 106 Å². The number of aliphatic hydroxyl groups is 1. The van der Waals surface area contributed by atoms with Crippen molar-refractivity contribution in [2.75, 3.05) is 18.1 Å². The summed E-state index contributed by atoms with van der Waals surface area (Å²) in [5.74, 6) is 2.40. The number of rotatable bonds is 13. The summed E-state index contributed by atoms with van der Waals surface area (Å²) in [5.41, 5.74) is 0. The van der Waals surface area contributed by atoms with E-state index in [4.69, 9.17) is 5.11 Å². The number of hydrogen-bond acceptors (Lipinski definition) is 2. The number of allylic oxidation sites excluding steroid dienone is 1. The zero-order chi connectivity index (χ0) is 11.9. The smallest absolute Gasteiger partial charge is 0.0438 e. The zero-order valence-electron chi connectivity index (χ0n) is 10.6. The van der Waals surface area contributed by atoms with E-state index >= 15 is 0 Å². The van der Waals surface area contributed by atoms with Gasteiger partial charge in [-0.25, -0.2) is 0 Å². The molecule has 0 amide bonds. The summed E-state index contributed by atoms with van der Waals surface area (Å²) in [4.78, 5) is 0. The van der Waals surface area contributed by atoms with Crippen molar-refractivity contribution in [3.8, 4) is 0 Å². The SMILES string of the molecule is C=CCCCCCCCCCSCCCO. The van der Waals surface area contributed by atoms with Crippen LogP contribution >= 0.6 is 11.8 Å². The molecule has 0 aromatic heterocycles. The summed E-state index contributed by atoms with van der Waals surface area (Å²) in [7, 11) is 0. The monoisotopic (exact) mass is 244 g/mol. The Morgan fingerprint density at radius 1 is 0.812 bits per heavy atom. The van der Waals surface area contributed by atoms with Gasteiger partial charge >= 0.3 is 0 Å². The first-order chi connectivity index (χ1) is 7.91. The van der Waals surface area contributed by atoms with Crippen LogP contribution in [-0.4, -0.2) is 23.2 Å². The molecule has 0 spiro atoms. The van der Waals surface area contributed by atoms with Crippen molar-refractivity contribution in [3.05, 3.63) is 12.7 Å². The van der Waals surface area contributed by atoms with E-state index in [1.54, 1.807) is 0 Å². The van der Waals surface area contributed by atoms with E-state index in [0.29, 0.717) is 6.61 Å². The first-order valence-corrected chi connectivity index (χ1v) is 7.86. The Morgan fingerprint density at radius 3 is 2.00 bits per heavy atom. The van der Waals surface area contributed by atoms with Crippen LogP contribution in [0, 0.1) is 0 Å². The molecule has 0 radical (unpaired) electrons. The van der Waals surface area contributed by atoms with Gasteiger partial charge in [0, 0.05) is 6.61 Å². The molecule has 0 rings (SSSR count). The first-order valence-electron chi connectivity index (χ1n) is 6.71. The molecule has 0 fully saturated rings. The Balaban J connectivity index is 2.85. The lowest BCUT2D eigenvalue weighted by molar-refractivity contribution is 0.296. The molecule has 1 nitrogen and oxygen atoms in total. The average molecular weight is 244 g/mol. The highest BCUT2D eigenvalue weighted by Gasteiger charge is 1.92. The van der Waals surface area contributed by atoms with Gasteiger partial charge in [0.2, 0.25) is 0 Å². The normalized spacial score (nSPS) is 10.6. The van der Waals surface area contributed by atoms with Crippen LogP contribution in [0.2, 0.25) is 0 Å². The van der Waals surface area contributed by atoms with Gasteiger partial charge in [0.05, 0.1) is 0 Å². The Kier molecular flexibility index (Phi) is 15.1. The van der Waals surface area contributed by atoms with E-state index in [1.807, 2.05) is 17.8 Å². The third-order valence-electron chi connectivity index (χ3n) is 2.64. The summed E-state index contributed by atoms with van der Waals surface area (Å²) in [6.45, 7) is 4.08. The van der Waals surface area contributed by atoms with Crippen LogP contribution < -0.4 is 0 Å². The Morgan fingerprint density at radius 2 is 1.38 bits per heavy atom. The summed E-state index contributed by atoms with van der Waals surface area (Å²) in [5, 5.41) is 8.61. The van der Waals surface area contributed by atoms with Crippen molar-refractivity contribution in [3.63, 3.8) is 0 Å². The van der Waals surface area contributed by atoms with E-state index in [-0.39, 0.29) is 0 Å². The van der Waals surface area contributed by atoms with E-state index in [0.717, 1.165) is 12.2 Å². The fraction of sp³-hybridized carbons (Fsp3) is 0.857. The minimum atomic E-state index is 0.345. The summed E-state index contributed by atoms with van der Waals surface area (Å²) < 4.78 is 0. The summed E-state index contributed by atoms with van der Waals surface area (Å²) in [6, 6.07) is 0. The molecule has 0 unspecified atom stereocenters. The minimum absolute atomic E-state index is 0.345. The standard InChI is InChI=1S/C14H28OS/c1-2-3-4-5-6-7-8-9-10-13-16-14-11-12-15/h2,15H,1,3-14H2. The molecule has 0 atom stereocenters. The van der Waals surface area contributed by atoms with Gasteiger partial charge in [-0.1, -0.05) is 38.2 Å². The highest BCUT2D eigenvalue weighted by atomic mass is 32.2. The third kappa shape index (κ3) is 14.1. The van der Waals surface area contributed by atoms with Crippen molar-refractivity contribution in [1.82, 2.24) is 0 Å². The third-order valence-corrected chi connectivity index (χ3v) is 3.80. The highest BCUT2D eigenvalue weighted by Crippen LogP contribution is 2.11. The van der Waals surface area contributed by atoms with E-state index in [1.165, 1.54) is 57.1 Å². The molecule has 0 bridgehead atoms. The van der Waals surface area contributed by atoms with Gasteiger partial charge in [0.15, 0.2) is 0 Å². The van der Waals surface area contributed by atoms with Gasteiger partial charge in [0.25, 0.3) is 0 Å². The maximum Gasteiger partial charge on any atom is 0.0438 e. The Bertz CT molecular complexity index is 137. The number of unbranched alkanes of at least 4 members (excludes halogenated alkanes) is 7. The van der Waals surface area contributed by atoms with Gasteiger partial charge in [-0.15, -0.1) is 6.58 Å². The van der Waals surface area contributed by atoms with Crippen LogP contribution in [-0.2, 0) is 0 Å². The van der Waals surface area contributed by atoms with Crippen molar-refractivity contribution >= 4 is 11.8 Å². The molecular weight excluding hydrogens is 216 g/mol. The van der Waals surface area contributed by atoms with Crippen LogP contribution in [0.15, 0.2) is 12.7 Å². The largest absolute Gasteiger partial charge is 0.396 e. The number of aliphatic hydroxyl groups excluding tert-OH is 1. The van der Waals surface area contributed by atoms with Crippen molar-refractivity contribution in [1.29, 1.82) is 0 Å². The topological polar surface area (TPSA) is 20.2 Å². The Hall–Kier alpha value is 0.0500. The van der Waals surface area contributed by atoms with Crippen LogP contribution in [0.4, 0.5) is 0 Å². The molecule has 0 saturated heterocycles. The number of hydrogen-bond donors (Lipinski definition) is 1. The van der Waals surface area contributed by atoms with Gasteiger partial charge in [-0.05, 0) is 37.2 Å². The molecule has 16 heavy (non-hydrogen) atoms. The molecule has 0 aliphatic heterocycles. The predicted octanol–water partition coefficient (Wildman–Crippen LogP) is 4.41. The average Bonchev–Trinajstić information content (AvgIpc) is 2.31. The molecule has 96 valence electrons. The molecule has 0 aromatic carbocycles. The van der Waals surface area contributed by atoms with E-state index in [9.17, 15) is 0 Å². The minimum Gasteiger partial charge on any atom is -0.396 e. The van der Waals surface area contributed by atoms with Crippen molar-refractivity contribution in [2.45, 2.75) is 57.8 Å². The molecule has 0 aromatic rings. The van der Waals surface area contributed by atoms with Crippen LogP contribution in [0.5, 0.6) is 0 Å². The second-order valence-corrected chi connectivity index (χ2v) is 5.47. The molecule has 0 saturated carbocycles. The quantitative estimate of drug-likeness (QED) is 0.382. The maximum atomic E-state index is 8.61. The molecule has 1 N–H and O–H groups in total. The van der Waals surface area contributed by atoms with Crippen LogP contribution in [0.3, 0.4) is 0 Å². The van der Waals surface area contributed by atoms with E-state index < -0.39 is 0 Å². The molecular formula is C14H28OS. The van der Waals surface area contributed by atoms with Crippen molar-refractivity contribution in [2.24, 2.45) is 0 Å². The summed E-state index contributed by atoms with van der Waals surface area (Å²) in [6.07, 6.45) is 13.8. The van der Waals surface area contributed by atoms with Crippen molar-refractivity contribution < 1.29 is 5.11 Å². The maximum absolute atomic E-state index is 8.61. The first kappa shape index (κ1) is 16.1. The van der Waals surface area contributed by atoms with Crippen LogP contribution in [0.1, 0.15) is 57.8 Å². The van der Waals surface area contributed by atoms with Gasteiger partial charge in [-0.2, -0.15) is 11.8 Å². The molecule has 0 aliphatic carbocycles. The predicted molar refractivity (Wildman–Crippen MR) is 76.2 cm³/mol. The van der Waals surface area contributed by atoms with Gasteiger partial charge in [0.1, 0.15) is 0 Å². The molecule has 0 heterocycles. The lowest BCUT2D eigenvalue weighted by Gasteiger charge is -2.01.